The van der Waals surface area contributed by atoms with Crippen molar-refractivity contribution in [2.75, 3.05) is 13.7 Å². The Morgan fingerprint density at radius 3 is 2.30 bits per heavy atom. The molecule has 3 rings (SSSR count). The van der Waals surface area contributed by atoms with Crippen LogP contribution in [-0.2, 0) is 16.1 Å². The summed E-state index contributed by atoms with van der Waals surface area (Å²) >= 11 is 0. The molecule has 1 saturated heterocycles. The van der Waals surface area contributed by atoms with Crippen LogP contribution in [0, 0.1) is 11.8 Å². The molecule has 2 aliphatic rings. The van der Waals surface area contributed by atoms with Gasteiger partial charge < -0.3 is 9.47 Å². The van der Waals surface area contributed by atoms with Gasteiger partial charge in [-0.05, 0) is 37.5 Å². The van der Waals surface area contributed by atoms with Crippen LogP contribution in [0.5, 0.6) is 11.5 Å². The molecular formula is C18H23NO4. The largest absolute Gasteiger partial charge is 0.493 e. The normalized spacial score (nSPS) is 23.8. The van der Waals surface area contributed by atoms with Crippen molar-refractivity contribution >= 4 is 11.8 Å². The van der Waals surface area contributed by atoms with Gasteiger partial charge in [0.15, 0.2) is 11.5 Å². The van der Waals surface area contributed by atoms with Crippen molar-refractivity contribution in [3.8, 4) is 11.5 Å². The Balaban J connectivity index is 1.80. The second kappa shape index (κ2) is 6.60. The molecular weight excluding hydrogens is 294 g/mol. The van der Waals surface area contributed by atoms with Gasteiger partial charge in [0.1, 0.15) is 0 Å². The van der Waals surface area contributed by atoms with Crippen LogP contribution in [-0.4, -0.2) is 30.4 Å². The molecule has 1 aliphatic carbocycles. The predicted octanol–water partition coefficient (Wildman–Crippen LogP) is 2.77. The Morgan fingerprint density at radius 1 is 1.09 bits per heavy atom. The Kier molecular flexibility index (Phi) is 4.55. The standard InChI is InChI=1S/C18H23NO4/c1-3-23-16-10-12(8-9-15(16)22-2)11-19-17(20)13-6-4-5-7-14(13)18(19)21/h8-10,13-14H,3-7,11H2,1-2H3/t13-,14+. The topological polar surface area (TPSA) is 55.8 Å². The van der Waals surface area contributed by atoms with Gasteiger partial charge in [-0.25, -0.2) is 0 Å². The molecule has 5 nitrogen and oxygen atoms in total. The molecule has 2 amide bonds. The molecule has 2 atom stereocenters. The van der Waals surface area contributed by atoms with Gasteiger partial charge in [0, 0.05) is 0 Å². The molecule has 124 valence electrons. The number of imide groups is 1. The highest BCUT2D eigenvalue weighted by Gasteiger charge is 2.47. The van der Waals surface area contributed by atoms with Gasteiger partial charge in [-0.15, -0.1) is 0 Å². The molecule has 5 heteroatoms. The quantitative estimate of drug-likeness (QED) is 0.784. The lowest BCUT2D eigenvalue weighted by Gasteiger charge is -2.19. The number of hydrogen-bond donors (Lipinski definition) is 0. The maximum atomic E-state index is 12.5. The lowest BCUT2D eigenvalue weighted by atomic mass is 9.81. The lowest BCUT2D eigenvalue weighted by Crippen LogP contribution is -2.30. The van der Waals surface area contributed by atoms with Gasteiger partial charge in [-0.2, -0.15) is 0 Å². The highest BCUT2D eigenvalue weighted by atomic mass is 16.5. The summed E-state index contributed by atoms with van der Waals surface area (Å²) in [6, 6.07) is 5.55. The number of carbonyl (C=O) groups is 2. The van der Waals surface area contributed by atoms with E-state index in [4.69, 9.17) is 9.47 Å². The summed E-state index contributed by atoms with van der Waals surface area (Å²) in [4.78, 5) is 26.5. The number of hydrogen-bond acceptors (Lipinski definition) is 4. The Labute approximate surface area is 136 Å². The average molecular weight is 317 g/mol. The number of carbonyl (C=O) groups excluding carboxylic acids is 2. The van der Waals surface area contributed by atoms with E-state index in [9.17, 15) is 9.59 Å². The molecule has 23 heavy (non-hydrogen) atoms. The van der Waals surface area contributed by atoms with Gasteiger partial charge in [-0.1, -0.05) is 18.9 Å². The third-order valence-electron chi connectivity index (χ3n) is 4.80. The van der Waals surface area contributed by atoms with Crippen LogP contribution >= 0.6 is 0 Å². The van der Waals surface area contributed by atoms with Crippen LogP contribution in [0.1, 0.15) is 38.2 Å². The summed E-state index contributed by atoms with van der Waals surface area (Å²) in [5.74, 6) is 1.09. The van der Waals surface area contributed by atoms with Crippen LogP contribution < -0.4 is 9.47 Å². The third kappa shape index (κ3) is 2.92. The van der Waals surface area contributed by atoms with Crippen LogP contribution in [0.15, 0.2) is 18.2 Å². The summed E-state index contributed by atoms with van der Waals surface area (Å²) in [6.07, 6.45) is 3.78. The molecule has 0 spiro atoms. The van der Waals surface area contributed by atoms with E-state index in [2.05, 4.69) is 0 Å². The molecule has 1 aromatic rings. The molecule has 0 radical (unpaired) electrons. The number of methoxy groups -OCH3 is 1. The Bertz CT molecular complexity index is 589. The van der Waals surface area contributed by atoms with Crippen molar-refractivity contribution in [3.63, 3.8) is 0 Å². The second-order valence-electron chi connectivity index (χ2n) is 6.18. The molecule has 1 aliphatic heterocycles. The molecule has 1 heterocycles. The smallest absolute Gasteiger partial charge is 0.233 e. The van der Waals surface area contributed by atoms with Gasteiger partial charge in [-0.3, -0.25) is 14.5 Å². The maximum absolute atomic E-state index is 12.5. The average Bonchev–Trinajstić information content (AvgIpc) is 2.81. The van der Waals surface area contributed by atoms with Gasteiger partial charge in [0.25, 0.3) is 0 Å². The van der Waals surface area contributed by atoms with E-state index in [1.807, 2.05) is 25.1 Å². The number of rotatable bonds is 5. The van der Waals surface area contributed by atoms with E-state index >= 15 is 0 Å². The van der Waals surface area contributed by atoms with Crippen molar-refractivity contribution in [3.05, 3.63) is 23.8 Å². The van der Waals surface area contributed by atoms with Gasteiger partial charge >= 0.3 is 0 Å². The minimum absolute atomic E-state index is 0.00604. The second-order valence-corrected chi connectivity index (χ2v) is 6.18. The van der Waals surface area contributed by atoms with Crippen LogP contribution in [0.4, 0.5) is 0 Å². The lowest BCUT2D eigenvalue weighted by molar-refractivity contribution is -0.140. The summed E-state index contributed by atoms with van der Waals surface area (Å²) in [5, 5.41) is 0. The molecule has 0 unspecified atom stereocenters. The van der Waals surface area contributed by atoms with Gasteiger partial charge in [0.05, 0.1) is 32.1 Å². The first-order valence-electron chi connectivity index (χ1n) is 8.30. The van der Waals surface area contributed by atoms with Gasteiger partial charge in [0.2, 0.25) is 11.8 Å². The Hall–Kier alpha value is -2.04. The molecule has 0 N–H and O–H groups in total. The van der Waals surface area contributed by atoms with E-state index < -0.39 is 0 Å². The van der Waals surface area contributed by atoms with Crippen molar-refractivity contribution in [2.45, 2.75) is 39.2 Å². The van der Waals surface area contributed by atoms with Crippen LogP contribution in [0.3, 0.4) is 0 Å². The Morgan fingerprint density at radius 2 is 1.74 bits per heavy atom. The van der Waals surface area contributed by atoms with Crippen molar-refractivity contribution in [1.29, 1.82) is 0 Å². The number of ether oxygens (including phenoxy) is 2. The first-order chi connectivity index (χ1) is 11.2. The summed E-state index contributed by atoms with van der Waals surface area (Å²) in [7, 11) is 1.59. The monoisotopic (exact) mass is 317 g/mol. The predicted molar refractivity (Wildman–Crippen MR) is 85.2 cm³/mol. The minimum Gasteiger partial charge on any atom is -0.493 e. The van der Waals surface area contributed by atoms with E-state index in [0.717, 1.165) is 31.2 Å². The summed E-state index contributed by atoms with van der Waals surface area (Å²) < 4.78 is 10.8. The summed E-state index contributed by atoms with van der Waals surface area (Å²) in [5.41, 5.74) is 0.884. The number of likely N-dealkylation sites (tertiary alicyclic amines) is 1. The van der Waals surface area contributed by atoms with Crippen molar-refractivity contribution < 1.29 is 19.1 Å². The number of benzene rings is 1. The molecule has 0 aromatic heterocycles. The van der Waals surface area contributed by atoms with Crippen molar-refractivity contribution in [2.24, 2.45) is 11.8 Å². The van der Waals surface area contributed by atoms with Crippen LogP contribution in [0.25, 0.3) is 0 Å². The maximum Gasteiger partial charge on any atom is 0.233 e. The minimum atomic E-state index is -0.0964. The number of nitrogens with zero attached hydrogens (tertiary/aromatic N) is 1. The first kappa shape index (κ1) is 15.8. The highest BCUT2D eigenvalue weighted by molar-refractivity contribution is 6.05. The molecule has 1 saturated carbocycles. The van der Waals surface area contributed by atoms with E-state index in [-0.39, 0.29) is 23.7 Å². The fourth-order valence-electron chi connectivity index (χ4n) is 3.66. The zero-order chi connectivity index (χ0) is 16.4. The van der Waals surface area contributed by atoms with Crippen LogP contribution in [0.2, 0.25) is 0 Å². The van der Waals surface area contributed by atoms with E-state index in [0.29, 0.717) is 24.7 Å². The molecule has 2 fully saturated rings. The number of amides is 2. The fraction of sp³-hybridized carbons (Fsp3) is 0.556. The van der Waals surface area contributed by atoms with E-state index in [1.165, 1.54) is 4.90 Å². The third-order valence-corrected chi connectivity index (χ3v) is 4.80. The molecule has 0 bridgehead atoms. The summed E-state index contributed by atoms with van der Waals surface area (Å²) in [6.45, 7) is 2.75. The highest BCUT2D eigenvalue weighted by Crippen LogP contribution is 2.39. The fourth-order valence-corrected chi connectivity index (χ4v) is 3.66. The zero-order valence-electron chi connectivity index (χ0n) is 13.7. The zero-order valence-corrected chi connectivity index (χ0v) is 13.7. The number of fused-ring (bicyclic) bond motifs is 1. The first-order valence-corrected chi connectivity index (χ1v) is 8.30. The van der Waals surface area contributed by atoms with Crippen molar-refractivity contribution in [1.82, 2.24) is 4.90 Å². The van der Waals surface area contributed by atoms with E-state index in [1.54, 1.807) is 7.11 Å². The SMILES string of the molecule is CCOc1cc(CN2C(=O)[C@H]3CCCC[C@H]3C2=O)ccc1OC. The molecule has 1 aromatic carbocycles.